The molecule has 5 atom stereocenters. The van der Waals surface area contributed by atoms with E-state index in [9.17, 15) is 33.9 Å². The number of carbonyl (C=O) groups excluding carboxylic acids is 6. The third-order valence-corrected chi connectivity index (χ3v) is 10.5. The molecule has 1 aliphatic heterocycles. The summed E-state index contributed by atoms with van der Waals surface area (Å²) in [6.45, 7) is 7.34. The number of unbranched alkanes of at least 4 members (excludes halogenated alkanes) is 5. The molecule has 1 aromatic heterocycles. The molecular formula is C42H63N6O7+. The number of likely N-dealkylation sites (tertiary alicyclic amines) is 1. The van der Waals surface area contributed by atoms with E-state index in [0.717, 1.165) is 44.2 Å². The first-order chi connectivity index (χ1) is 26.3. The number of rotatable bonds is 26. The van der Waals surface area contributed by atoms with Gasteiger partial charge in [0.25, 0.3) is 5.91 Å². The number of nitrogens with zero attached hydrogens (tertiary/aromatic N) is 3. The Morgan fingerprint density at radius 3 is 2.25 bits per heavy atom. The van der Waals surface area contributed by atoms with Gasteiger partial charge in [-0.2, -0.15) is 0 Å². The largest absolute Gasteiger partial charge is 0.394 e. The predicted molar refractivity (Wildman–Crippen MR) is 210 cm³/mol. The molecule has 1 aliphatic rings. The van der Waals surface area contributed by atoms with Crippen LogP contribution in [0.25, 0.3) is 0 Å². The fourth-order valence-electron chi connectivity index (χ4n) is 7.26. The molecule has 0 radical (unpaired) electrons. The number of aliphatic hydroxyl groups excluding tert-OH is 1. The van der Waals surface area contributed by atoms with Crippen molar-refractivity contribution in [2.45, 2.75) is 136 Å². The van der Waals surface area contributed by atoms with E-state index in [2.05, 4.69) is 39.9 Å². The predicted octanol–water partition coefficient (Wildman–Crippen LogP) is 3.89. The molecule has 0 unspecified atom stereocenters. The second-order valence-corrected chi connectivity index (χ2v) is 15.3. The molecule has 1 fully saturated rings. The van der Waals surface area contributed by atoms with Crippen LogP contribution in [-0.4, -0.2) is 86.0 Å². The van der Waals surface area contributed by atoms with E-state index in [0.29, 0.717) is 32.4 Å². The molecule has 2 heterocycles. The highest BCUT2D eigenvalue weighted by molar-refractivity contribution is 5.96. The molecule has 5 N–H and O–H groups in total. The summed E-state index contributed by atoms with van der Waals surface area (Å²) in [7, 11) is 0. The SMILES string of the molecule is C[CH+][C@H](CC(=O)[C@H](CO)NC(=O)[C@@H](CC(=O)[C@H](CC(C)C)NC(=O)[C@@H]1CCCN1C(C)=O)Cc1cncn1CCCCCCCCc1ccccc1)C(N)=O. The van der Waals surface area contributed by atoms with Crippen molar-refractivity contribution in [1.82, 2.24) is 25.1 Å². The van der Waals surface area contributed by atoms with Crippen LogP contribution in [0.2, 0.25) is 0 Å². The third-order valence-electron chi connectivity index (χ3n) is 10.5. The second-order valence-electron chi connectivity index (χ2n) is 15.3. The number of primary amides is 1. The van der Waals surface area contributed by atoms with Crippen LogP contribution in [0.4, 0.5) is 0 Å². The molecule has 0 bridgehead atoms. The highest BCUT2D eigenvalue weighted by Gasteiger charge is 2.37. The normalized spacial score (nSPS) is 16.3. The van der Waals surface area contributed by atoms with Gasteiger partial charge in [0.05, 0.1) is 44.7 Å². The van der Waals surface area contributed by atoms with Gasteiger partial charge in [0.1, 0.15) is 12.1 Å². The Hall–Kier alpha value is -4.52. The average molecular weight is 764 g/mol. The van der Waals surface area contributed by atoms with Gasteiger partial charge in [-0.25, -0.2) is 4.98 Å². The lowest BCUT2D eigenvalue weighted by molar-refractivity contribution is -0.138. The Bertz CT molecular complexity index is 1540. The highest BCUT2D eigenvalue weighted by atomic mass is 16.3. The Labute approximate surface area is 326 Å². The summed E-state index contributed by atoms with van der Waals surface area (Å²) < 4.78 is 1.98. The standard InChI is InChI=1S/C42H62N6O7/c1-5-32(40(43)53)24-39(52)36(27-49)46-41(54)33(25-38(51)35(22-29(2)3)45-42(55)37-19-15-21-48(37)30(4)50)23-34-26-44-28-47(34)20-14-9-7-6-8-11-16-31-17-12-10-13-18-31/h5,10,12-13,17-18,26,28-29,32-33,35-37,49H,6-9,11,14-16,19-25,27H2,1-4H3,(H3-,43,45,46,53,54,55)/p+1/t32-,33-,35+,36+,37+/m1/s1. The molecule has 0 saturated carbocycles. The Morgan fingerprint density at radius 1 is 0.945 bits per heavy atom. The van der Waals surface area contributed by atoms with Gasteiger partial charge in [-0.3, -0.25) is 28.8 Å². The molecule has 13 nitrogen and oxygen atoms in total. The first kappa shape index (κ1) is 44.9. The summed E-state index contributed by atoms with van der Waals surface area (Å²) in [6, 6.07) is 7.62. The number of imidazole rings is 1. The zero-order chi connectivity index (χ0) is 40.3. The van der Waals surface area contributed by atoms with Gasteiger partial charge in [-0.1, -0.05) is 69.9 Å². The number of Topliss-reactive ketones (excluding diaryl/α,β-unsaturated/α-hetero) is 2. The summed E-state index contributed by atoms with van der Waals surface area (Å²) in [4.78, 5) is 84.3. The molecule has 1 aromatic carbocycles. The Kier molecular flexibility index (Phi) is 19.1. The van der Waals surface area contributed by atoms with Crippen molar-refractivity contribution in [2.75, 3.05) is 13.2 Å². The number of nitrogens with two attached hydrogens (primary N) is 1. The van der Waals surface area contributed by atoms with Gasteiger partial charge in [0.2, 0.25) is 17.7 Å². The van der Waals surface area contributed by atoms with E-state index in [1.807, 2.05) is 24.5 Å². The van der Waals surface area contributed by atoms with Crippen LogP contribution in [0.5, 0.6) is 0 Å². The lowest BCUT2D eigenvalue weighted by atomic mass is 9.89. The van der Waals surface area contributed by atoms with E-state index < -0.39 is 60.1 Å². The number of aryl methyl sites for hydroxylation is 2. The van der Waals surface area contributed by atoms with Crippen LogP contribution < -0.4 is 16.4 Å². The average Bonchev–Trinajstić information content (AvgIpc) is 3.83. The van der Waals surface area contributed by atoms with Gasteiger partial charge >= 0.3 is 0 Å². The minimum Gasteiger partial charge on any atom is -0.394 e. The van der Waals surface area contributed by atoms with Crippen LogP contribution in [0.1, 0.15) is 110 Å². The number of benzene rings is 1. The van der Waals surface area contributed by atoms with Crippen molar-refractivity contribution in [1.29, 1.82) is 0 Å². The molecule has 1 saturated heterocycles. The van der Waals surface area contributed by atoms with Crippen molar-refractivity contribution >= 4 is 35.2 Å². The molecule has 2 aromatic rings. The molecule has 13 heteroatoms. The van der Waals surface area contributed by atoms with Crippen LogP contribution >= 0.6 is 0 Å². The number of hydrogen-bond donors (Lipinski definition) is 4. The van der Waals surface area contributed by atoms with Crippen molar-refractivity contribution < 1.29 is 33.9 Å². The minimum atomic E-state index is -1.31. The first-order valence-corrected chi connectivity index (χ1v) is 20.0. The summed E-state index contributed by atoms with van der Waals surface area (Å²) in [5, 5.41) is 15.6. The first-order valence-electron chi connectivity index (χ1n) is 20.0. The smallest absolute Gasteiger partial charge is 0.265 e. The van der Waals surface area contributed by atoms with Gasteiger partial charge < -0.3 is 30.9 Å². The fourth-order valence-corrected chi connectivity index (χ4v) is 7.26. The maximum atomic E-state index is 14.1. The van der Waals surface area contributed by atoms with Gasteiger partial charge in [0.15, 0.2) is 17.5 Å². The maximum absolute atomic E-state index is 14.1. The number of aliphatic hydroxyl groups is 1. The molecule has 3 rings (SSSR count). The van der Waals surface area contributed by atoms with Crippen molar-refractivity contribution in [3.05, 3.63) is 60.5 Å². The molecule has 4 amide bonds. The molecule has 55 heavy (non-hydrogen) atoms. The topological polar surface area (TPSA) is 194 Å². The minimum absolute atomic E-state index is 0.0317. The molecule has 302 valence electrons. The van der Waals surface area contributed by atoms with Crippen LogP contribution in [0.15, 0.2) is 42.9 Å². The van der Waals surface area contributed by atoms with Crippen LogP contribution in [0, 0.1) is 24.2 Å². The number of amides is 4. The number of nitrogens with one attached hydrogen (secondary N) is 2. The second kappa shape index (κ2) is 23.4. The zero-order valence-electron chi connectivity index (χ0n) is 33.2. The Balaban J connectivity index is 1.71. The summed E-state index contributed by atoms with van der Waals surface area (Å²) in [5.41, 5.74) is 7.51. The molecular weight excluding hydrogens is 700 g/mol. The number of hydrogen-bond acceptors (Lipinski definition) is 8. The monoisotopic (exact) mass is 763 g/mol. The van der Waals surface area contributed by atoms with E-state index in [4.69, 9.17) is 5.73 Å². The van der Waals surface area contributed by atoms with E-state index >= 15 is 0 Å². The summed E-state index contributed by atoms with van der Waals surface area (Å²) >= 11 is 0. The lowest BCUT2D eigenvalue weighted by Gasteiger charge is -2.27. The van der Waals surface area contributed by atoms with Gasteiger partial charge in [-0.05, 0) is 50.0 Å². The van der Waals surface area contributed by atoms with Crippen molar-refractivity contribution in [3.8, 4) is 0 Å². The fraction of sp³-hybridized carbons (Fsp3) is 0.619. The van der Waals surface area contributed by atoms with E-state index in [1.165, 1.54) is 30.2 Å². The quantitative estimate of drug-likeness (QED) is 0.0819. The van der Waals surface area contributed by atoms with E-state index in [-0.39, 0.29) is 36.9 Å². The van der Waals surface area contributed by atoms with Crippen LogP contribution in [-0.2, 0) is 48.2 Å². The van der Waals surface area contributed by atoms with Gasteiger partial charge in [-0.15, -0.1) is 0 Å². The number of aromatic nitrogens is 2. The maximum Gasteiger partial charge on any atom is 0.265 e. The molecule has 0 aliphatic carbocycles. The summed E-state index contributed by atoms with van der Waals surface area (Å²) in [6.07, 6.45) is 13.6. The van der Waals surface area contributed by atoms with Crippen molar-refractivity contribution in [2.24, 2.45) is 23.5 Å². The van der Waals surface area contributed by atoms with Crippen molar-refractivity contribution in [3.63, 3.8) is 0 Å². The van der Waals surface area contributed by atoms with E-state index in [1.54, 1.807) is 19.4 Å². The zero-order valence-corrected chi connectivity index (χ0v) is 33.2. The Morgan fingerprint density at radius 2 is 1.62 bits per heavy atom. The number of carbonyl (C=O) groups is 6. The molecule has 0 spiro atoms. The lowest BCUT2D eigenvalue weighted by Crippen LogP contribution is -2.52. The highest BCUT2D eigenvalue weighted by Crippen LogP contribution is 2.21. The number of ketones is 2. The van der Waals surface area contributed by atoms with Crippen LogP contribution in [0.3, 0.4) is 0 Å². The summed E-state index contributed by atoms with van der Waals surface area (Å²) in [5.74, 6) is -4.63. The van der Waals surface area contributed by atoms with Gasteiger partial charge in [0, 0.05) is 44.7 Å². The third kappa shape index (κ3) is 14.9.